The minimum atomic E-state index is -1.45. The van der Waals surface area contributed by atoms with Gasteiger partial charge in [0.25, 0.3) is 0 Å². The van der Waals surface area contributed by atoms with Crippen LogP contribution in [-0.4, -0.2) is 31.8 Å². The summed E-state index contributed by atoms with van der Waals surface area (Å²) in [7, 11) is -1.45. The SMILES string of the molecule is OB(O)c1ccc2nncn2c1. The minimum Gasteiger partial charge on any atom is -0.423 e. The van der Waals surface area contributed by atoms with Gasteiger partial charge in [0.15, 0.2) is 5.65 Å². The van der Waals surface area contributed by atoms with E-state index in [1.54, 1.807) is 22.7 Å². The lowest BCUT2D eigenvalue weighted by Gasteiger charge is -1.98. The molecule has 0 spiro atoms. The Morgan fingerprint density at radius 1 is 1.33 bits per heavy atom. The number of aromatic nitrogens is 3. The van der Waals surface area contributed by atoms with Gasteiger partial charge in [-0.05, 0) is 11.5 Å². The Morgan fingerprint density at radius 3 is 2.92 bits per heavy atom. The van der Waals surface area contributed by atoms with Crippen molar-refractivity contribution in [2.75, 3.05) is 0 Å². The fourth-order valence-corrected chi connectivity index (χ4v) is 0.997. The topological polar surface area (TPSA) is 70.7 Å². The van der Waals surface area contributed by atoms with Crippen molar-refractivity contribution in [3.63, 3.8) is 0 Å². The summed E-state index contributed by atoms with van der Waals surface area (Å²) in [5.74, 6) is 0. The Labute approximate surface area is 68.4 Å². The molecule has 2 rings (SSSR count). The number of hydrogen-bond acceptors (Lipinski definition) is 4. The van der Waals surface area contributed by atoms with Crippen LogP contribution in [0, 0.1) is 0 Å². The van der Waals surface area contributed by atoms with Crippen LogP contribution < -0.4 is 5.46 Å². The first kappa shape index (κ1) is 7.26. The zero-order valence-corrected chi connectivity index (χ0v) is 6.12. The fraction of sp³-hybridized carbons (Fsp3) is 0. The monoisotopic (exact) mass is 163 g/mol. The van der Waals surface area contributed by atoms with E-state index in [4.69, 9.17) is 10.0 Å². The Hall–Kier alpha value is -1.40. The van der Waals surface area contributed by atoms with Crippen LogP contribution in [0.1, 0.15) is 0 Å². The van der Waals surface area contributed by atoms with Gasteiger partial charge in [-0.1, -0.05) is 6.07 Å². The molecular weight excluding hydrogens is 157 g/mol. The molecule has 0 fully saturated rings. The quantitative estimate of drug-likeness (QED) is 0.497. The van der Waals surface area contributed by atoms with Crippen molar-refractivity contribution < 1.29 is 10.0 Å². The zero-order chi connectivity index (χ0) is 8.55. The van der Waals surface area contributed by atoms with Gasteiger partial charge in [0.1, 0.15) is 6.33 Å². The maximum absolute atomic E-state index is 8.82. The average Bonchev–Trinajstić information content (AvgIpc) is 2.49. The molecule has 0 aliphatic rings. The van der Waals surface area contributed by atoms with Crippen molar-refractivity contribution in [2.45, 2.75) is 0 Å². The predicted molar refractivity (Wildman–Crippen MR) is 42.8 cm³/mol. The van der Waals surface area contributed by atoms with E-state index >= 15 is 0 Å². The van der Waals surface area contributed by atoms with Crippen molar-refractivity contribution in [3.8, 4) is 0 Å². The van der Waals surface area contributed by atoms with E-state index in [2.05, 4.69) is 10.2 Å². The third kappa shape index (κ3) is 1.07. The molecule has 2 aromatic rings. The Kier molecular flexibility index (Phi) is 1.56. The van der Waals surface area contributed by atoms with Crippen LogP contribution in [0.25, 0.3) is 5.65 Å². The van der Waals surface area contributed by atoms with Crippen molar-refractivity contribution in [1.29, 1.82) is 0 Å². The van der Waals surface area contributed by atoms with Crippen LogP contribution in [0.3, 0.4) is 0 Å². The van der Waals surface area contributed by atoms with Crippen molar-refractivity contribution >= 4 is 18.2 Å². The van der Waals surface area contributed by atoms with Gasteiger partial charge in [0.05, 0.1) is 0 Å². The van der Waals surface area contributed by atoms with Gasteiger partial charge in [-0.3, -0.25) is 4.40 Å². The third-order valence-corrected chi connectivity index (χ3v) is 1.61. The van der Waals surface area contributed by atoms with Gasteiger partial charge in [0.2, 0.25) is 0 Å². The molecule has 12 heavy (non-hydrogen) atoms. The Morgan fingerprint density at radius 2 is 2.17 bits per heavy atom. The summed E-state index contributed by atoms with van der Waals surface area (Å²) >= 11 is 0. The van der Waals surface area contributed by atoms with Gasteiger partial charge in [-0.15, -0.1) is 10.2 Å². The summed E-state index contributed by atoms with van der Waals surface area (Å²) in [6.07, 6.45) is 3.07. The van der Waals surface area contributed by atoms with Crippen molar-refractivity contribution in [3.05, 3.63) is 24.7 Å². The first-order valence-electron chi connectivity index (χ1n) is 3.43. The van der Waals surface area contributed by atoms with Gasteiger partial charge < -0.3 is 10.0 Å². The largest absolute Gasteiger partial charge is 0.489 e. The normalized spacial score (nSPS) is 10.5. The molecule has 5 nitrogen and oxygen atoms in total. The maximum atomic E-state index is 8.82. The summed E-state index contributed by atoms with van der Waals surface area (Å²) in [6.45, 7) is 0. The second kappa shape index (κ2) is 2.58. The number of nitrogens with zero attached hydrogens (tertiary/aromatic N) is 3. The van der Waals surface area contributed by atoms with Crippen LogP contribution in [-0.2, 0) is 0 Å². The molecule has 0 atom stereocenters. The molecule has 0 saturated heterocycles. The lowest BCUT2D eigenvalue weighted by molar-refractivity contribution is 0.425. The first-order chi connectivity index (χ1) is 5.77. The molecule has 0 aliphatic carbocycles. The van der Waals surface area contributed by atoms with E-state index in [0.717, 1.165) is 0 Å². The highest BCUT2D eigenvalue weighted by atomic mass is 16.4. The first-order valence-corrected chi connectivity index (χ1v) is 3.43. The number of rotatable bonds is 1. The van der Waals surface area contributed by atoms with Crippen LogP contribution in [0.4, 0.5) is 0 Å². The minimum absolute atomic E-state index is 0.419. The van der Waals surface area contributed by atoms with E-state index in [-0.39, 0.29) is 0 Å². The average molecular weight is 163 g/mol. The molecule has 0 amide bonds. The van der Waals surface area contributed by atoms with Crippen LogP contribution >= 0.6 is 0 Å². The molecule has 60 valence electrons. The molecule has 0 unspecified atom stereocenters. The molecule has 2 N–H and O–H groups in total. The fourth-order valence-electron chi connectivity index (χ4n) is 0.997. The summed E-state index contributed by atoms with van der Waals surface area (Å²) in [6, 6.07) is 3.26. The smallest absolute Gasteiger partial charge is 0.423 e. The van der Waals surface area contributed by atoms with Crippen LogP contribution in [0.15, 0.2) is 24.7 Å². The second-order valence-corrected chi connectivity index (χ2v) is 2.43. The Bertz CT molecular complexity index is 400. The van der Waals surface area contributed by atoms with Gasteiger partial charge >= 0.3 is 7.12 Å². The molecule has 0 radical (unpaired) electrons. The third-order valence-electron chi connectivity index (χ3n) is 1.61. The molecule has 6 heteroatoms. The number of fused-ring (bicyclic) bond motifs is 1. The molecule has 2 heterocycles. The standard InChI is InChI=1S/C6H6BN3O2/c11-7(12)5-1-2-6-9-8-4-10(6)3-5/h1-4,11-12H. The molecule has 0 aromatic carbocycles. The molecule has 0 aliphatic heterocycles. The van der Waals surface area contributed by atoms with Gasteiger partial charge in [-0.2, -0.15) is 0 Å². The summed E-state index contributed by atoms with van der Waals surface area (Å²) < 4.78 is 1.62. The second-order valence-electron chi connectivity index (χ2n) is 2.43. The van der Waals surface area contributed by atoms with E-state index in [1.807, 2.05) is 0 Å². The van der Waals surface area contributed by atoms with Gasteiger partial charge in [-0.25, -0.2) is 0 Å². The van der Waals surface area contributed by atoms with Gasteiger partial charge in [0, 0.05) is 6.20 Å². The predicted octanol–water partition coefficient (Wildman–Crippen LogP) is -1.59. The van der Waals surface area contributed by atoms with Crippen LogP contribution in [0.5, 0.6) is 0 Å². The zero-order valence-electron chi connectivity index (χ0n) is 6.12. The van der Waals surface area contributed by atoms with Crippen molar-refractivity contribution in [1.82, 2.24) is 14.6 Å². The summed E-state index contributed by atoms with van der Waals surface area (Å²) in [5.41, 5.74) is 1.10. The molecular formula is C6H6BN3O2. The van der Waals surface area contributed by atoms with Crippen LogP contribution in [0.2, 0.25) is 0 Å². The highest BCUT2D eigenvalue weighted by Crippen LogP contribution is 1.94. The lowest BCUT2D eigenvalue weighted by Crippen LogP contribution is -2.30. The highest BCUT2D eigenvalue weighted by Gasteiger charge is 2.10. The molecule has 0 bridgehead atoms. The maximum Gasteiger partial charge on any atom is 0.489 e. The van der Waals surface area contributed by atoms with E-state index in [1.165, 1.54) is 6.33 Å². The van der Waals surface area contributed by atoms with E-state index in [9.17, 15) is 0 Å². The molecule has 2 aromatic heterocycles. The van der Waals surface area contributed by atoms with E-state index in [0.29, 0.717) is 11.1 Å². The van der Waals surface area contributed by atoms with Crippen molar-refractivity contribution in [2.24, 2.45) is 0 Å². The number of hydrogen-bond donors (Lipinski definition) is 2. The number of pyridine rings is 1. The lowest BCUT2D eigenvalue weighted by atomic mass is 9.82. The molecule has 0 saturated carbocycles. The summed E-state index contributed by atoms with van der Waals surface area (Å²) in [4.78, 5) is 0. The van der Waals surface area contributed by atoms with E-state index < -0.39 is 7.12 Å². The highest BCUT2D eigenvalue weighted by molar-refractivity contribution is 6.58. The Balaban J connectivity index is 2.60. The summed E-state index contributed by atoms with van der Waals surface area (Å²) in [5, 5.41) is 25.1.